The van der Waals surface area contributed by atoms with Crippen molar-refractivity contribution in [3.05, 3.63) is 58.1 Å². The van der Waals surface area contributed by atoms with Crippen molar-refractivity contribution in [1.29, 1.82) is 0 Å². The van der Waals surface area contributed by atoms with Gasteiger partial charge in [-0.1, -0.05) is 18.2 Å². The second-order valence-electron chi connectivity index (χ2n) is 4.31. The lowest BCUT2D eigenvalue weighted by atomic mass is 10.1. The Balaban J connectivity index is 2.24. The number of alkyl halides is 2. The van der Waals surface area contributed by atoms with Gasteiger partial charge in [-0.05, 0) is 52.7 Å². The number of carbonyl (C=O) groups excluding carboxylic acids is 1. The Morgan fingerprint density at radius 3 is 2.62 bits per heavy atom. The molecule has 0 radical (unpaired) electrons. The lowest BCUT2D eigenvalue weighted by Crippen LogP contribution is -2.15. The molecule has 1 N–H and O–H groups in total. The van der Waals surface area contributed by atoms with Crippen LogP contribution in [0.4, 0.5) is 14.5 Å². The number of para-hydroxylation sites is 1. The average molecular weight is 356 g/mol. The number of carbonyl (C=O) groups is 1. The van der Waals surface area contributed by atoms with Gasteiger partial charge in [-0.3, -0.25) is 4.79 Å². The van der Waals surface area contributed by atoms with Gasteiger partial charge in [-0.2, -0.15) is 8.78 Å². The molecule has 1 amide bonds. The Morgan fingerprint density at radius 1 is 1.24 bits per heavy atom. The highest BCUT2D eigenvalue weighted by molar-refractivity contribution is 9.10. The highest BCUT2D eigenvalue weighted by atomic mass is 79.9. The van der Waals surface area contributed by atoms with Gasteiger partial charge in [0.15, 0.2) is 0 Å². The second kappa shape index (κ2) is 6.67. The fraction of sp³-hybridized carbons (Fsp3) is 0.133. The van der Waals surface area contributed by atoms with Gasteiger partial charge in [-0.15, -0.1) is 0 Å². The predicted molar refractivity (Wildman–Crippen MR) is 79.9 cm³/mol. The van der Waals surface area contributed by atoms with Crippen molar-refractivity contribution in [1.82, 2.24) is 0 Å². The lowest BCUT2D eigenvalue weighted by Gasteiger charge is -2.12. The number of nitrogens with one attached hydrogen (secondary N) is 1. The van der Waals surface area contributed by atoms with Crippen LogP contribution < -0.4 is 10.1 Å². The van der Waals surface area contributed by atoms with Crippen molar-refractivity contribution in [2.24, 2.45) is 0 Å². The van der Waals surface area contributed by atoms with Crippen LogP contribution in [0.1, 0.15) is 15.9 Å². The number of halogens is 3. The van der Waals surface area contributed by atoms with E-state index in [1.165, 1.54) is 18.2 Å². The molecule has 0 aliphatic carbocycles. The van der Waals surface area contributed by atoms with Crippen molar-refractivity contribution >= 4 is 27.5 Å². The molecule has 0 aliphatic rings. The normalized spacial score (nSPS) is 10.5. The standard InChI is InChI=1S/C15H12BrF2NO2/c1-9-6-7-12(11(16)8-9)19-14(20)10-4-2-3-5-13(10)21-15(17)18/h2-8,15H,1H3,(H,19,20). The summed E-state index contributed by atoms with van der Waals surface area (Å²) in [7, 11) is 0. The van der Waals surface area contributed by atoms with Crippen molar-refractivity contribution in [2.75, 3.05) is 5.32 Å². The van der Waals surface area contributed by atoms with E-state index in [2.05, 4.69) is 26.0 Å². The molecule has 2 aromatic carbocycles. The van der Waals surface area contributed by atoms with Crippen LogP contribution in [0, 0.1) is 6.92 Å². The molecule has 3 nitrogen and oxygen atoms in total. The number of rotatable bonds is 4. The number of hydrogen-bond donors (Lipinski definition) is 1. The maximum absolute atomic E-state index is 12.3. The Morgan fingerprint density at radius 2 is 1.95 bits per heavy atom. The van der Waals surface area contributed by atoms with E-state index in [0.29, 0.717) is 10.2 Å². The fourth-order valence-corrected chi connectivity index (χ4v) is 2.36. The van der Waals surface area contributed by atoms with Gasteiger partial charge in [0.25, 0.3) is 5.91 Å². The molecule has 0 bridgehead atoms. The van der Waals surface area contributed by atoms with Crippen LogP contribution in [-0.2, 0) is 0 Å². The molecule has 0 spiro atoms. The van der Waals surface area contributed by atoms with Crippen molar-refractivity contribution < 1.29 is 18.3 Å². The van der Waals surface area contributed by atoms with Gasteiger partial charge in [0.1, 0.15) is 5.75 Å². The predicted octanol–water partition coefficient (Wildman–Crippen LogP) is 4.61. The zero-order valence-corrected chi connectivity index (χ0v) is 12.7. The number of hydrogen-bond acceptors (Lipinski definition) is 2. The van der Waals surface area contributed by atoms with Crippen LogP contribution in [0.3, 0.4) is 0 Å². The lowest BCUT2D eigenvalue weighted by molar-refractivity contribution is -0.0501. The number of ether oxygens (including phenoxy) is 1. The number of benzene rings is 2. The number of anilines is 1. The first-order valence-electron chi connectivity index (χ1n) is 6.08. The SMILES string of the molecule is Cc1ccc(NC(=O)c2ccccc2OC(F)F)c(Br)c1. The van der Waals surface area contributed by atoms with Crippen LogP contribution >= 0.6 is 15.9 Å². The van der Waals surface area contributed by atoms with E-state index in [1.54, 1.807) is 12.1 Å². The van der Waals surface area contributed by atoms with E-state index in [-0.39, 0.29) is 11.3 Å². The Hall–Kier alpha value is -1.95. The maximum Gasteiger partial charge on any atom is 0.387 e. The van der Waals surface area contributed by atoms with Crippen LogP contribution in [0.15, 0.2) is 46.9 Å². The zero-order valence-electron chi connectivity index (χ0n) is 11.1. The highest BCUT2D eigenvalue weighted by Crippen LogP contribution is 2.26. The summed E-state index contributed by atoms with van der Waals surface area (Å²) in [4.78, 5) is 12.2. The fourth-order valence-electron chi connectivity index (χ4n) is 1.76. The summed E-state index contributed by atoms with van der Waals surface area (Å²) in [5.41, 5.74) is 1.63. The third kappa shape index (κ3) is 4.01. The molecule has 0 saturated heterocycles. The van der Waals surface area contributed by atoms with Gasteiger partial charge in [-0.25, -0.2) is 0 Å². The minimum absolute atomic E-state index is 0.0466. The molecule has 6 heteroatoms. The Bertz CT molecular complexity index is 662. The number of aryl methyl sites for hydroxylation is 1. The van der Waals surface area contributed by atoms with E-state index in [1.807, 2.05) is 19.1 Å². The van der Waals surface area contributed by atoms with Crippen LogP contribution in [-0.4, -0.2) is 12.5 Å². The maximum atomic E-state index is 12.3. The highest BCUT2D eigenvalue weighted by Gasteiger charge is 2.16. The van der Waals surface area contributed by atoms with Crippen LogP contribution in [0.2, 0.25) is 0 Å². The topological polar surface area (TPSA) is 38.3 Å². The summed E-state index contributed by atoms with van der Waals surface area (Å²) < 4.78 is 29.7. The van der Waals surface area contributed by atoms with Gasteiger partial charge >= 0.3 is 6.61 Å². The molecule has 0 atom stereocenters. The molecule has 0 unspecified atom stereocenters. The van der Waals surface area contributed by atoms with E-state index in [4.69, 9.17) is 0 Å². The van der Waals surface area contributed by atoms with Crippen LogP contribution in [0.25, 0.3) is 0 Å². The van der Waals surface area contributed by atoms with Gasteiger partial charge in [0, 0.05) is 4.47 Å². The first kappa shape index (κ1) is 15.4. The largest absolute Gasteiger partial charge is 0.434 e. The minimum Gasteiger partial charge on any atom is -0.434 e. The van der Waals surface area contributed by atoms with E-state index < -0.39 is 12.5 Å². The monoisotopic (exact) mass is 355 g/mol. The molecule has 2 rings (SSSR count). The smallest absolute Gasteiger partial charge is 0.387 e. The Kier molecular flexibility index (Phi) is 4.90. The van der Waals surface area contributed by atoms with Gasteiger partial charge in [0.2, 0.25) is 0 Å². The van der Waals surface area contributed by atoms with E-state index >= 15 is 0 Å². The zero-order chi connectivity index (χ0) is 15.4. The summed E-state index contributed by atoms with van der Waals surface area (Å²) in [6, 6.07) is 11.3. The van der Waals surface area contributed by atoms with Crippen molar-refractivity contribution in [3.8, 4) is 5.75 Å². The van der Waals surface area contributed by atoms with E-state index in [9.17, 15) is 13.6 Å². The minimum atomic E-state index is -2.98. The summed E-state index contributed by atoms with van der Waals surface area (Å²) >= 11 is 3.34. The molecule has 2 aromatic rings. The second-order valence-corrected chi connectivity index (χ2v) is 5.17. The number of amides is 1. The summed E-state index contributed by atoms with van der Waals surface area (Å²) in [5.74, 6) is -0.677. The first-order chi connectivity index (χ1) is 9.97. The van der Waals surface area contributed by atoms with Gasteiger partial charge in [0.05, 0.1) is 11.3 Å². The summed E-state index contributed by atoms with van der Waals surface area (Å²) in [6.07, 6.45) is 0. The molecular formula is C15H12BrF2NO2. The third-order valence-electron chi connectivity index (χ3n) is 2.72. The molecular weight excluding hydrogens is 344 g/mol. The Labute approximate surface area is 129 Å². The summed E-state index contributed by atoms with van der Waals surface area (Å²) in [5, 5.41) is 2.66. The third-order valence-corrected chi connectivity index (χ3v) is 3.38. The van der Waals surface area contributed by atoms with Crippen LogP contribution in [0.5, 0.6) is 5.75 Å². The molecule has 0 saturated carbocycles. The molecule has 0 fully saturated rings. The molecule has 110 valence electrons. The van der Waals surface area contributed by atoms with Crippen molar-refractivity contribution in [3.63, 3.8) is 0 Å². The van der Waals surface area contributed by atoms with Gasteiger partial charge < -0.3 is 10.1 Å². The summed E-state index contributed by atoms with van der Waals surface area (Å²) in [6.45, 7) is -1.06. The van der Waals surface area contributed by atoms with E-state index in [0.717, 1.165) is 5.56 Å². The molecule has 0 aromatic heterocycles. The first-order valence-corrected chi connectivity index (χ1v) is 6.88. The molecule has 21 heavy (non-hydrogen) atoms. The van der Waals surface area contributed by atoms with Crippen molar-refractivity contribution in [2.45, 2.75) is 13.5 Å². The molecule has 0 aliphatic heterocycles. The molecule has 0 heterocycles. The average Bonchev–Trinajstić information content (AvgIpc) is 2.42. The quantitative estimate of drug-likeness (QED) is 0.869.